The lowest BCUT2D eigenvalue weighted by Crippen LogP contribution is -2.48. The Bertz CT molecular complexity index is 940. The van der Waals surface area contributed by atoms with E-state index in [1.807, 2.05) is 23.1 Å². The molecule has 8 heteroatoms. The van der Waals surface area contributed by atoms with Crippen molar-refractivity contribution in [2.24, 2.45) is 14.1 Å². The second-order valence-electron chi connectivity index (χ2n) is 6.93. The Hall–Kier alpha value is -2.71. The third kappa shape index (κ3) is 4.01. The molecule has 27 heavy (non-hydrogen) atoms. The van der Waals surface area contributed by atoms with E-state index in [1.165, 1.54) is 19.7 Å². The molecule has 0 atom stereocenters. The van der Waals surface area contributed by atoms with Gasteiger partial charge in [0.15, 0.2) is 5.78 Å². The first-order chi connectivity index (χ1) is 12.9. The summed E-state index contributed by atoms with van der Waals surface area (Å²) in [4.78, 5) is 41.2. The molecule has 8 nitrogen and oxygen atoms in total. The molecule has 2 N–H and O–H groups in total. The van der Waals surface area contributed by atoms with Crippen LogP contribution in [-0.4, -0.2) is 57.4 Å². The lowest BCUT2D eigenvalue weighted by Gasteiger charge is -2.34. The molecular formula is C19H25N5O3. The minimum Gasteiger partial charge on any atom is -0.384 e. The van der Waals surface area contributed by atoms with Gasteiger partial charge in [0.2, 0.25) is 0 Å². The van der Waals surface area contributed by atoms with E-state index in [1.54, 1.807) is 0 Å². The maximum absolute atomic E-state index is 12.7. The SMILES string of the molecule is Cn1c(N)c(C(=O)CN2CCN(Cc3ccccc3)CC2)c(=O)n(C)c1=O. The van der Waals surface area contributed by atoms with E-state index < -0.39 is 11.2 Å². The molecule has 1 fully saturated rings. The molecule has 1 aromatic heterocycles. The number of carbonyl (C=O) groups is 1. The van der Waals surface area contributed by atoms with Crippen molar-refractivity contribution in [2.75, 3.05) is 38.5 Å². The van der Waals surface area contributed by atoms with Crippen LogP contribution in [0.2, 0.25) is 0 Å². The molecule has 2 aromatic rings. The van der Waals surface area contributed by atoms with Crippen molar-refractivity contribution in [3.63, 3.8) is 0 Å². The quantitative estimate of drug-likeness (QED) is 0.723. The number of rotatable bonds is 5. The van der Waals surface area contributed by atoms with Crippen molar-refractivity contribution in [3.8, 4) is 0 Å². The average molecular weight is 371 g/mol. The van der Waals surface area contributed by atoms with Crippen LogP contribution in [0.4, 0.5) is 5.82 Å². The fourth-order valence-corrected chi connectivity index (χ4v) is 3.35. The molecule has 0 saturated carbocycles. The van der Waals surface area contributed by atoms with Gasteiger partial charge in [0.05, 0.1) is 6.54 Å². The molecule has 0 radical (unpaired) electrons. The number of nitrogen functional groups attached to an aromatic ring is 1. The zero-order chi connectivity index (χ0) is 19.6. The molecule has 3 rings (SSSR count). The summed E-state index contributed by atoms with van der Waals surface area (Å²) in [5.41, 5.74) is 5.86. The topological polar surface area (TPSA) is 93.6 Å². The number of carbonyl (C=O) groups excluding carboxylic acids is 1. The summed E-state index contributed by atoms with van der Waals surface area (Å²) < 4.78 is 2.05. The highest BCUT2D eigenvalue weighted by atomic mass is 16.2. The molecule has 2 heterocycles. The van der Waals surface area contributed by atoms with Gasteiger partial charge in [-0.3, -0.25) is 28.5 Å². The first-order valence-electron chi connectivity index (χ1n) is 8.96. The van der Waals surface area contributed by atoms with Gasteiger partial charge in [-0.2, -0.15) is 0 Å². The number of anilines is 1. The lowest BCUT2D eigenvalue weighted by molar-refractivity contribution is 0.0842. The third-order valence-electron chi connectivity index (χ3n) is 5.07. The average Bonchev–Trinajstić information content (AvgIpc) is 2.67. The molecule has 144 valence electrons. The maximum atomic E-state index is 12.7. The monoisotopic (exact) mass is 371 g/mol. The van der Waals surface area contributed by atoms with E-state index in [4.69, 9.17) is 5.73 Å². The molecule has 1 saturated heterocycles. The van der Waals surface area contributed by atoms with Crippen LogP contribution in [0.3, 0.4) is 0 Å². The predicted molar refractivity (Wildman–Crippen MR) is 104 cm³/mol. The highest BCUT2D eigenvalue weighted by Crippen LogP contribution is 2.10. The molecule has 1 aliphatic heterocycles. The zero-order valence-corrected chi connectivity index (χ0v) is 15.7. The summed E-state index contributed by atoms with van der Waals surface area (Å²) in [7, 11) is 2.81. The summed E-state index contributed by atoms with van der Waals surface area (Å²) in [6, 6.07) is 10.3. The van der Waals surface area contributed by atoms with Gasteiger partial charge in [-0.15, -0.1) is 0 Å². The van der Waals surface area contributed by atoms with Gasteiger partial charge in [0.1, 0.15) is 11.4 Å². The van der Waals surface area contributed by atoms with Crippen molar-refractivity contribution in [1.82, 2.24) is 18.9 Å². The number of ketones is 1. The summed E-state index contributed by atoms with van der Waals surface area (Å²) in [5.74, 6) is -0.420. The normalized spacial score (nSPS) is 15.8. The third-order valence-corrected chi connectivity index (χ3v) is 5.07. The van der Waals surface area contributed by atoms with Gasteiger partial charge in [-0.1, -0.05) is 30.3 Å². The van der Waals surface area contributed by atoms with E-state index >= 15 is 0 Å². The Kier molecular flexibility index (Phi) is 5.57. The first kappa shape index (κ1) is 19.1. The van der Waals surface area contributed by atoms with Gasteiger partial charge < -0.3 is 5.73 Å². The van der Waals surface area contributed by atoms with Gasteiger partial charge in [0.25, 0.3) is 5.56 Å². The molecule has 0 amide bonds. The van der Waals surface area contributed by atoms with Crippen molar-refractivity contribution in [3.05, 3.63) is 62.3 Å². The summed E-state index contributed by atoms with van der Waals surface area (Å²) in [6.45, 7) is 4.19. The Balaban J connectivity index is 1.64. The molecular weight excluding hydrogens is 346 g/mol. The smallest absolute Gasteiger partial charge is 0.332 e. The van der Waals surface area contributed by atoms with Gasteiger partial charge in [-0.25, -0.2) is 4.79 Å². The minimum absolute atomic E-state index is 0.0733. The predicted octanol–water partition coefficient (Wildman–Crippen LogP) is -0.333. The molecule has 1 aromatic carbocycles. The Morgan fingerprint density at radius 3 is 2.19 bits per heavy atom. The van der Waals surface area contributed by atoms with Crippen LogP contribution >= 0.6 is 0 Å². The van der Waals surface area contributed by atoms with Gasteiger partial charge >= 0.3 is 5.69 Å². The van der Waals surface area contributed by atoms with E-state index in [9.17, 15) is 14.4 Å². The number of piperazine rings is 1. The molecule has 0 bridgehead atoms. The second kappa shape index (κ2) is 7.89. The molecule has 0 spiro atoms. The highest BCUT2D eigenvalue weighted by Gasteiger charge is 2.24. The zero-order valence-electron chi connectivity index (χ0n) is 15.7. The summed E-state index contributed by atoms with van der Waals surface area (Å²) in [5, 5.41) is 0. The van der Waals surface area contributed by atoms with Crippen molar-refractivity contribution in [2.45, 2.75) is 6.54 Å². The van der Waals surface area contributed by atoms with Crippen LogP contribution in [0.1, 0.15) is 15.9 Å². The van der Waals surface area contributed by atoms with Crippen LogP contribution in [0.25, 0.3) is 0 Å². The fraction of sp³-hybridized carbons (Fsp3) is 0.421. The second-order valence-corrected chi connectivity index (χ2v) is 6.93. The largest absolute Gasteiger partial charge is 0.384 e. The van der Waals surface area contributed by atoms with Crippen molar-refractivity contribution < 1.29 is 4.79 Å². The van der Waals surface area contributed by atoms with E-state index in [0.717, 1.165) is 41.9 Å². The van der Waals surface area contributed by atoms with E-state index in [2.05, 4.69) is 17.0 Å². The number of nitrogens with two attached hydrogens (primary N) is 1. The standard InChI is InChI=1S/C19H25N5O3/c1-21-17(20)16(18(26)22(2)19(21)27)15(25)13-24-10-8-23(9-11-24)12-14-6-4-3-5-7-14/h3-7H,8-13,20H2,1-2H3. The van der Waals surface area contributed by atoms with Crippen LogP contribution in [-0.2, 0) is 20.6 Å². The van der Waals surface area contributed by atoms with Gasteiger partial charge in [-0.05, 0) is 5.56 Å². The fourth-order valence-electron chi connectivity index (χ4n) is 3.35. The van der Waals surface area contributed by atoms with E-state index in [-0.39, 0.29) is 23.7 Å². The molecule has 0 unspecified atom stereocenters. The summed E-state index contributed by atoms with van der Waals surface area (Å²) >= 11 is 0. The van der Waals surface area contributed by atoms with Crippen molar-refractivity contribution >= 4 is 11.6 Å². The Morgan fingerprint density at radius 1 is 0.963 bits per heavy atom. The maximum Gasteiger partial charge on any atom is 0.332 e. The highest BCUT2D eigenvalue weighted by molar-refractivity contribution is 6.01. The first-order valence-corrected chi connectivity index (χ1v) is 8.96. The van der Waals surface area contributed by atoms with Crippen molar-refractivity contribution in [1.29, 1.82) is 0 Å². The Morgan fingerprint density at radius 2 is 1.56 bits per heavy atom. The number of Topliss-reactive ketones (excluding diaryl/α,β-unsaturated/α-hetero) is 1. The molecule has 1 aliphatic rings. The van der Waals surface area contributed by atoms with Gasteiger partial charge in [0, 0.05) is 46.8 Å². The van der Waals surface area contributed by atoms with Crippen LogP contribution < -0.4 is 17.0 Å². The van der Waals surface area contributed by atoms with E-state index in [0.29, 0.717) is 0 Å². The number of aromatic nitrogens is 2. The Labute approximate surface area is 157 Å². The van der Waals surface area contributed by atoms with Crippen LogP contribution in [0, 0.1) is 0 Å². The number of nitrogens with zero attached hydrogens (tertiary/aromatic N) is 4. The minimum atomic E-state index is -0.636. The number of hydrogen-bond acceptors (Lipinski definition) is 6. The number of hydrogen-bond donors (Lipinski definition) is 1. The molecule has 0 aliphatic carbocycles. The van der Waals surface area contributed by atoms with Crippen LogP contribution in [0.5, 0.6) is 0 Å². The lowest BCUT2D eigenvalue weighted by atomic mass is 10.1. The summed E-state index contributed by atoms with van der Waals surface area (Å²) in [6.07, 6.45) is 0. The number of benzene rings is 1. The van der Waals surface area contributed by atoms with Crippen LogP contribution in [0.15, 0.2) is 39.9 Å².